The molecule has 0 aliphatic carbocycles. The van der Waals surface area contributed by atoms with Crippen molar-refractivity contribution in [2.45, 2.75) is 58.4 Å². The lowest BCUT2D eigenvalue weighted by molar-refractivity contribution is 0.472. The number of rotatable bonds is 10. The zero-order valence-electron chi connectivity index (χ0n) is 12.9. The Morgan fingerprint density at radius 2 is 2.10 bits per heavy atom. The summed E-state index contributed by atoms with van der Waals surface area (Å²) in [5.41, 5.74) is 2.47. The predicted molar refractivity (Wildman–Crippen MR) is 90.5 cm³/mol. The maximum atomic E-state index is 6.26. The van der Waals surface area contributed by atoms with E-state index in [-0.39, 0.29) is 0 Å². The number of unbranched alkanes of at least 4 members (excludes halogenated alkanes) is 3. The van der Waals surface area contributed by atoms with Crippen LogP contribution in [0.25, 0.3) is 0 Å². The monoisotopic (exact) mass is 293 g/mol. The third-order valence-electron chi connectivity index (χ3n) is 3.64. The first-order valence-electron chi connectivity index (χ1n) is 7.79. The summed E-state index contributed by atoms with van der Waals surface area (Å²) in [5.74, 6) is 0. The molecule has 1 unspecified atom stereocenters. The second kappa shape index (κ2) is 10.0. The fourth-order valence-corrected chi connectivity index (χ4v) is 2.53. The maximum absolute atomic E-state index is 6.26. The molecule has 0 bridgehead atoms. The summed E-state index contributed by atoms with van der Waals surface area (Å²) in [4.78, 5) is 0. The van der Waals surface area contributed by atoms with E-state index < -0.39 is 0 Å². The van der Waals surface area contributed by atoms with Crippen LogP contribution in [0.2, 0.25) is 5.02 Å². The van der Waals surface area contributed by atoms with E-state index in [1.807, 2.05) is 6.08 Å². The molecule has 0 spiro atoms. The van der Waals surface area contributed by atoms with Crippen LogP contribution in [-0.2, 0) is 0 Å². The molecular weight excluding hydrogens is 266 g/mol. The quantitative estimate of drug-likeness (QED) is 0.423. The van der Waals surface area contributed by atoms with Crippen LogP contribution in [0.4, 0.5) is 0 Å². The Morgan fingerprint density at radius 1 is 1.30 bits per heavy atom. The zero-order chi connectivity index (χ0) is 14.8. The lowest BCUT2D eigenvalue weighted by atomic mass is 9.99. The Morgan fingerprint density at radius 3 is 2.75 bits per heavy atom. The minimum Gasteiger partial charge on any atom is -0.310 e. The van der Waals surface area contributed by atoms with Gasteiger partial charge < -0.3 is 5.32 Å². The smallest absolute Gasteiger partial charge is 0.0438 e. The van der Waals surface area contributed by atoms with Crippen LogP contribution in [0.15, 0.2) is 30.9 Å². The molecule has 20 heavy (non-hydrogen) atoms. The van der Waals surface area contributed by atoms with Crippen molar-refractivity contribution < 1.29 is 0 Å². The SMILES string of the molecule is C=CCCCCCC(NCCC)c1ccc(C)c(Cl)c1. The maximum Gasteiger partial charge on any atom is 0.0438 e. The summed E-state index contributed by atoms with van der Waals surface area (Å²) in [6.45, 7) is 9.09. The molecule has 1 atom stereocenters. The van der Waals surface area contributed by atoms with E-state index in [2.05, 4.69) is 43.9 Å². The average Bonchev–Trinajstić information content (AvgIpc) is 2.45. The summed E-state index contributed by atoms with van der Waals surface area (Å²) in [7, 11) is 0. The molecule has 0 aliphatic rings. The Kier molecular flexibility index (Phi) is 8.64. The lowest BCUT2D eigenvalue weighted by Crippen LogP contribution is -2.22. The fourth-order valence-electron chi connectivity index (χ4n) is 2.34. The van der Waals surface area contributed by atoms with Crippen molar-refractivity contribution in [2.75, 3.05) is 6.54 Å². The summed E-state index contributed by atoms with van der Waals surface area (Å²) in [5, 5.41) is 4.52. The van der Waals surface area contributed by atoms with Gasteiger partial charge in [0, 0.05) is 11.1 Å². The van der Waals surface area contributed by atoms with E-state index >= 15 is 0 Å². The molecule has 2 heteroatoms. The molecule has 1 nitrogen and oxygen atoms in total. The number of halogens is 1. The first-order valence-corrected chi connectivity index (χ1v) is 8.17. The van der Waals surface area contributed by atoms with Crippen LogP contribution in [-0.4, -0.2) is 6.54 Å². The van der Waals surface area contributed by atoms with Crippen LogP contribution >= 0.6 is 11.6 Å². The van der Waals surface area contributed by atoms with Crippen LogP contribution in [0.3, 0.4) is 0 Å². The zero-order valence-corrected chi connectivity index (χ0v) is 13.7. The lowest BCUT2D eigenvalue weighted by Gasteiger charge is -2.19. The standard InChI is InChI=1S/C18H28ClN/c1-4-6-7-8-9-10-18(20-13-5-2)16-12-11-15(3)17(19)14-16/h4,11-12,14,18,20H,1,5-10,13H2,2-3H3. The fraction of sp³-hybridized carbons (Fsp3) is 0.556. The number of aryl methyl sites for hydroxylation is 1. The van der Waals surface area contributed by atoms with Gasteiger partial charge in [0.05, 0.1) is 0 Å². The second-order valence-corrected chi connectivity index (χ2v) is 5.85. The van der Waals surface area contributed by atoms with Gasteiger partial charge in [0.25, 0.3) is 0 Å². The first-order chi connectivity index (χ1) is 9.69. The highest BCUT2D eigenvalue weighted by Gasteiger charge is 2.11. The third-order valence-corrected chi connectivity index (χ3v) is 4.05. The van der Waals surface area contributed by atoms with Crippen molar-refractivity contribution in [3.05, 3.63) is 47.0 Å². The normalized spacial score (nSPS) is 12.3. The van der Waals surface area contributed by atoms with E-state index in [4.69, 9.17) is 11.6 Å². The van der Waals surface area contributed by atoms with Crippen LogP contribution in [0.1, 0.15) is 62.6 Å². The summed E-state index contributed by atoms with van der Waals surface area (Å²) < 4.78 is 0. The van der Waals surface area contributed by atoms with Gasteiger partial charge >= 0.3 is 0 Å². The van der Waals surface area contributed by atoms with Crippen molar-refractivity contribution in [3.63, 3.8) is 0 Å². The molecule has 1 aromatic carbocycles. The number of allylic oxidation sites excluding steroid dienone is 1. The highest BCUT2D eigenvalue weighted by Crippen LogP contribution is 2.25. The minimum absolute atomic E-state index is 0.428. The second-order valence-electron chi connectivity index (χ2n) is 5.44. The molecule has 1 aromatic rings. The largest absolute Gasteiger partial charge is 0.310 e. The van der Waals surface area contributed by atoms with Crippen molar-refractivity contribution >= 4 is 11.6 Å². The number of nitrogens with one attached hydrogen (secondary N) is 1. The van der Waals surface area contributed by atoms with Gasteiger partial charge in [-0.2, -0.15) is 0 Å². The Bertz CT molecular complexity index is 400. The van der Waals surface area contributed by atoms with Gasteiger partial charge in [-0.25, -0.2) is 0 Å². The Labute approximate surface area is 129 Å². The van der Waals surface area contributed by atoms with Crippen molar-refractivity contribution in [3.8, 4) is 0 Å². The Balaban J connectivity index is 2.57. The molecule has 1 N–H and O–H groups in total. The van der Waals surface area contributed by atoms with Gasteiger partial charge in [0.2, 0.25) is 0 Å². The Hall–Kier alpha value is -0.790. The number of benzene rings is 1. The third kappa shape index (κ3) is 6.11. The minimum atomic E-state index is 0.428. The predicted octanol–water partition coefficient (Wildman–Crippen LogP) is 5.83. The van der Waals surface area contributed by atoms with Crippen molar-refractivity contribution in [1.29, 1.82) is 0 Å². The number of hydrogen-bond acceptors (Lipinski definition) is 1. The van der Waals surface area contributed by atoms with Crippen LogP contribution in [0.5, 0.6) is 0 Å². The van der Waals surface area contributed by atoms with Gasteiger partial charge in [0.1, 0.15) is 0 Å². The molecule has 0 amide bonds. The summed E-state index contributed by atoms with van der Waals surface area (Å²) >= 11 is 6.26. The van der Waals surface area contributed by atoms with E-state index in [1.54, 1.807) is 0 Å². The van der Waals surface area contributed by atoms with Crippen LogP contribution < -0.4 is 5.32 Å². The molecule has 0 fully saturated rings. The molecule has 112 valence electrons. The van der Waals surface area contributed by atoms with E-state index in [1.165, 1.54) is 31.2 Å². The van der Waals surface area contributed by atoms with Crippen molar-refractivity contribution in [1.82, 2.24) is 5.32 Å². The van der Waals surface area contributed by atoms with Gasteiger partial charge in [-0.15, -0.1) is 6.58 Å². The van der Waals surface area contributed by atoms with Crippen LogP contribution in [0, 0.1) is 6.92 Å². The van der Waals surface area contributed by atoms with Crippen molar-refractivity contribution in [2.24, 2.45) is 0 Å². The van der Waals surface area contributed by atoms with Gasteiger partial charge in [-0.3, -0.25) is 0 Å². The number of hydrogen-bond donors (Lipinski definition) is 1. The molecule has 1 rings (SSSR count). The van der Waals surface area contributed by atoms with E-state index in [0.717, 1.165) is 30.0 Å². The molecule has 0 heterocycles. The first kappa shape index (κ1) is 17.3. The highest BCUT2D eigenvalue weighted by molar-refractivity contribution is 6.31. The summed E-state index contributed by atoms with van der Waals surface area (Å²) in [6, 6.07) is 6.87. The van der Waals surface area contributed by atoms with E-state index in [9.17, 15) is 0 Å². The van der Waals surface area contributed by atoms with Gasteiger partial charge in [-0.1, -0.05) is 49.6 Å². The molecule has 0 saturated carbocycles. The highest BCUT2D eigenvalue weighted by atomic mass is 35.5. The molecular formula is C18H28ClN. The topological polar surface area (TPSA) is 12.0 Å². The average molecular weight is 294 g/mol. The van der Waals surface area contributed by atoms with Gasteiger partial charge in [0.15, 0.2) is 0 Å². The van der Waals surface area contributed by atoms with Gasteiger partial charge in [-0.05, 0) is 56.3 Å². The molecule has 0 saturated heterocycles. The van der Waals surface area contributed by atoms with E-state index in [0.29, 0.717) is 6.04 Å². The molecule has 0 radical (unpaired) electrons. The molecule has 0 aromatic heterocycles. The summed E-state index contributed by atoms with van der Waals surface area (Å²) in [6.07, 6.45) is 9.24. The molecule has 0 aliphatic heterocycles.